The van der Waals surface area contributed by atoms with Crippen molar-refractivity contribution in [3.63, 3.8) is 0 Å². The van der Waals surface area contributed by atoms with Gasteiger partial charge in [-0.25, -0.2) is 9.97 Å². The van der Waals surface area contributed by atoms with Gasteiger partial charge in [0.1, 0.15) is 12.1 Å². The lowest BCUT2D eigenvalue weighted by atomic mass is 10.1. The van der Waals surface area contributed by atoms with E-state index < -0.39 is 5.72 Å². The van der Waals surface area contributed by atoms with Crippen LogP contribution in [0.2, 0.25) is 4.34 Å². The lowest BCUT2D eigenvalue weighted by Crippen LogP contribution is -2.66. The molecule has 172 valence electrons. The Kier molecular flexibility index (Phi) is 6.64. The summed E-state index contributed by atoms with van der Waals surface area (Å²) >= 11 is 7.33. The minimum absolute atomic E-state index is 0.265. The van der Waals surface area contributed by atoms with E-state index in [4.69, 9.17) is 22.1 Å². The third kappa shape index (κ3) is 4.71. The second-order valence-electron chi connectivity index (χ2n) is 7.72. The summed E-state index contributed by atoms with van der Waals surface area (Å²) in [6.45, 7) is 4.84. The lowest BCUT2D eigenvalue weighted by molar-refractivity contribution is -0.199. The molecule has 2 amide bonds. The van der Waals surface area contributed by atoms with E-state index in [9.17, 15) is 9.59 Å². The summed E-state index contributed by atoms with van der Waals surface area (Å²) in [7, 11) is 0. The number of anilines is 1. The second-order valence-corrected chi connectivity index (χ2v) is 9.46. The van der Waals surface area contributed by atoms with Gasteiger partial charge < -0.3 is 20.3 Å². The third-order valence-corrected chi connectivity index (χ3v) is 6.77. The average Bonchev–Trinajstić information content (AvgIpc) is 3.21. The zero-order valence-electron chi connectivity index (χ0n) is 18.3. The van der Waals surface area contributed by atoms with E-state index in [0.29, 0.717) is 35.3 Å². The minimum Gasteiger partial charge on any atom is -0.383 e. The van der Waals surface area contributed by atoms with Crippen LogP contribution in [-0.2, 0) is 20.9 Å². The van der Waals surface area contributed by atoms with Gasteiger partial charge in [0.25, 0.3) is 5.91 Å². The first-order valence-corrected chi connectivity index (χ1v) is 11.7. The van der Waals surface area contributed by atoms with Crippen LogP contribution in [0.1, 0.15) is 24.3 Å². The summed E-state index contributed by atoms with van der Waals surface area (Å²) in [4.78, 5) is 38.8. The van der Waals surface area contributed by atoms with Crippen molar-refractivity contribution in [3.05, 3.63) is 57.5 Å². The van der Waals surface area contributed by atoms with Gasteiger partial charge in [-0.2, -0.15) is 0 Å². The standard InChI is InChI=1S/C23H24ClN5O3S/c1-3-32-23(2)22(31)28(13-15-4-7-17-18(12-15)26-14-27-21(17)25)10-11-29(23)20(30)9-6-16-5-8-19(24)33-16/h4-9,12,14H,3,10-11,13H2,1-2H3,(H2,25,26,27)/t23-/m0/s1. The number of ether oxygens (including phenoxy) is 1. The third-order valence-electron chi connectivity index (χ3n) is 5.57. The molecule has 0 unspecified atom stereocenters. The molecule has 2 N–H and O–H groups in total. The number of nitrogens with two attached hydrogens (primary N) is 1. The molecule has 0 radical (unpaired) electrons. The largest absolute Gasteiger partial charge is 0.383 e. The van der Waals surface area contributed by atoms with Gasteiger partial charge in [-0.15, -0.1) is 11.3 Å². The van der Waals surface area contributed by atoms with Gasteiger partial charge in [0.15, 0.2) is 0 Å². The number of carbonyl (C=O) groups excluding carboxylic acids is 2. The molecule has 1 aliphatic rings. The second kappa shape index (κ2) is 9.46. The Morgan fingerprint density at radius 2 is 2.12 bits per heavy atom. The summed E-state index contributed by atoms with van der Waals surface area (Å²) < 4.78 is 6.50. The van der Waals surface area contributed by atoms with E-state index in [1.54, 1.807) is 30.9 Å². The van der Waals surface area contributed by atoms with Crippen LogP contribution >= 0.6 is 22.9 Å². The molecule has 4 rings (SSSR count). The van der Waals surface area contributed by atoms with Crippen molar-refractivity contribution < 1.29 is 14.3 Å². The van der Waals surface area contributed by atoms with Crippen LogP contribution in [0.4, 0.5) is 5.82 Å². The molecule has 2 aromatic heterocycles. The maximum Gasteiger partial charge on any atom is 0.276 e. The Morgan fingerprint density at radius 1 is 1.30 bits per heavy atom. The SMILES string of the molecule is CCO[C@@]1(C)C(=O)N(Cc2ccc3c(N)ncnc3c2)CCN1C(=O)C=Cc1ccc(Cl)s1. The van der Waals surface area contributed by atoms with Crippen LogP contribution in [-0.4, -0.2) is 57.0 Å². The maximum atomic E-state index is 13.5. The van der Waals surface area contributed by atoms with Crippen molar-refractivity contribution in [2.24, 2.45) is 0 Å². The molecule has 1 saturated heterocycles. The van der Waals surface area contributed by atoms with Crippen molar-refractivity contribution in [3.8, 4) is 0 Å². The molecule has 8 nitrogen and oxygen atoms in total. The maximum absolute atomic E-state index is 13.5. The first-order chi connectivity index (χ1) is 15.8. The normalized spacial score (nSPS) is 19.1. The van der Waals surface area contributed by atoms with Gasteiger partial charge in [-0.1, -0.05) is 17.7 Å². The van der Waals surface area contributed by atoms with Crippen LogP contribution in [0.5, 0.6) is 0 Å². The molecule has 0 aliphatic carbocycles. The number of hydrogen-bond acceptors (Lipinski definition) is 7. The first kappa shape index (κ1) is 23.2. The summed E-state index contributed by atoms with van der Waals surface area (Å²) in [6.07, 6.45) is 4.57. The first-order valence-electron chi connectivity index (χ1n) is 10.5. The summed E-state index contributed by atoms with van der Waals surface area (Å²) in [6, 6.07) is 9.26. The fourth-order valence-electron chi connectivity index (χ4n) is 3.94. The summed E-state index contributed by atoms with van der Waals surface area (Å²) in [5, 5.41) is 0.765. The molecule has 33 heavy (non-hydrogen) atoms. The minimum atomic E-state index is -1.40. The topological polar surface area (TPSA) is 102 Å². The number of piperazine rings is 1. The molecule has 3 aromatic rings. The summed E-state index contributed by atoms with van der Waals surface area (Å²) in [5.41, 5.74) is 6.13. The van der Waals surface area contributed by atoms with E-state index in [2.05, 4.69) is 9.97 Å². The Bertz CT molecular complexity index is 1230. The number of nitrogen functional groups attached to an aromatic ring is 1. The average molecular weight is 486 g/mol. The molecule has 10 heteroatoms. The van der Waals surface area contributed by atoms with Crippen molar-refractivity contribution in [2.45, 2.75) is 26.1 Å². The highest BCUT2D eigenvalue weighted by atomic mass is 35.5. The molecular formula is C23H24ClN5O3S. The molecular weight excluding hydrogens is 462 g/mol. The zero-order chi connectivity index (χ0) is 23.6. The highest BCUT2D eigenvalue weighted by Crippen LogP contribution is 2.28. The molecule has 1 fully saturated rings. The van der Waals surface area contributed by atoms with Gasteiger partial charge in [-0.05, 0) is 49.8 Å². The molecule has 3 heterocycles. The van der Waals surface area contributed by atoms with Gasteiger partial charge in [-0.3, -0.25) is 9.59 Å². The molecule has 0 bridgehead atoms. The summed E-state index contributed by atoms with van der Waals surface area (Å²) in [5.74, 6) is -0.142. The van der Waals surface area contributed by atoms with Gasteiger partial charge in [0.2, 0.25) is 11.6 Å². The fraction of sp³-hybridized carbons (Fsp3) is 0.304. The molecule has 1 aliphatic heterocycles. The van der Waals surface area contributed by atoms with E-state index in [1.165, 1.54) is 28.6 Å². The quantitative estimate of drug-likeness (QED) is 0.535. The Labute approximate surface area is 200 Å². The van der Waals surface area contributed by atoms with Crippen molar-refractivity contribution in [1.29, 1.82) is 0 Å². The number of halogens is 1. The predicted octanol–water partition coefficient (Wildman–Crippen LogP) is 3.56. The molecule has 0 spiro atoms. The van der Waals surface area contributed by atoms with E-state index in [0.717, 1.165) is 15.8 Å². The van der Waals surface area contributed by atoms with Crippen LogP contribution in [0.3, 0.4) is 0 Å². The van der Waals surface area contributed by atoms with Gasteiger partial charge in [0.05, 0.1) is 9.85 Å². The van der Waals surface area contributed by atoms with Crippen molar-refractivity contribution >= 4 is 57.5 Å². The fourth-order valence-corrected chi connectivity index (χ4v) is 4.90. The Morgan fingerprint density at radius 3 is 2.85 bits per heavy atom. The Hall–Kier alpha value is -3.01. The van der Waals surface area contributed by atoms with Crippen molar-refractivity contribution in [1.82, 2.24) is 19.8 Å². The number of aromatic nitrogens is 2. The number of nitrogens with zero attached hydrogens (tertiary/aromatic N) is 4. The molecule has 1 aromatic carbocycles. The highest BCUT2D eigenvalue weighted by Gasteiger charge is 2.48. The molecule has 1 atom stereocenters. The number of carbonyl (C=O) groups is 2. The Balaban J connectivity index is 1.53. The number of fused-ring (bicyclic) bond motifs is 1. The van der Waals surface area contributed by atoms with E-state index in [-0.39, 0.29) is 18.4 Å². The van der Waals surface area contributed by atoms with Crippen LogP contribution in [0.15, 0.2) is 42.7 Å². The highest BCUT2D eigenvalue weighted by molar-refractivity contribution is 7.17. The predicted molar refractivity (Wildman–Crippen MR) is 129 cm³/mol. The number of rotatable bonds is 6. The van der Waals surface area contributed by atoms with Crippen molar-refractivity contribution in [2.75, 3.05) is 25.4 Å². The van der Waals surface area contributed by atoms with Crippen LogP contribution < -0.4 is 5.73 Å². The molecule has 0 saturated carbocycles. The number of hydrogen-bond donors (Lipinski definition) is 1. The van der Waals surface area contributed by atoms with Gasteiger partial charge in [0, 0.05) is 42.6 Å². The zero-order valence-corrected chi connectivity index (χ0v) is 19.9. The van der Waals surface area contributed by atoms with E-state index >= 15 is 0 Å². The van der Waals surface area contributed by atoms with Crippen LogP contribution in [0.25, 0.3) is 17.0 Å². The number of thiophene rings is 1. The monoisotopic (exact) mass is 485 g/mol. The van der Waals surface area contributed by atoms with Crippen LogP contribution in [0, 0.1) is 0 Å². The number of benzene rings is 1. The number of amides is 2. The van der Waals surface area contributed by atoms with E-state index in [1.807, 2.05) is 24.3 Å². The van der Waals surface area contributed by atoms with Gasteiger partial charge >= 0.3 is 0 Å². The lowest BCUT2D eigenvalue weighted by Gasteiger charge is -2.46. The smallest absolute Gasteiger partial charge is 0.276 e.